The molecule has 0 aromatic carbocycles. The zero-order valence-electron chi connectivity index (χ0n) is 9.43. The first-order chi connectivity index (χ1) is 8.24. The lowest BCUT2D eigenvalue weighted by Gasteiger charge is -2.05. The van der Waals surface area contributed by atoms with Crippen molar-refractivity contribution in [3.05, 3.63) is 17.8 Å². The van der Waals surface area contributed by atoms with Gasteiger partial charge in [0.25, 0.3) is 5.91 Å². The number of nitrogens with zero attached hydrogens (tertiary/aromatic N) is 2. The fraction of sp³-hybridized carbons (Fsp3) is 0.500. The second-order valence-corrected chi connectivity index (χ2v) is 3.28. The zero-order chi connectivity index (χ0) is 12.5. The van der Waals surface area contributed by atoms with Gasteiger partial charge in [-0.1, -0.05) is 0 Å². The molecule has 1 heterocycles. The maximum Gasteiger partial charge on any atom is 0.269 e. The highest BCUT2D eigenvalue weighted by atomic mass is 16.5. The highest BCUT2D eigenvalue weighted by molar-refractivity contribution is 5.90. The van der Waals surface area contributed by atoms with Crippen LogP contribution in [0.3, 0.4) is 0 Å². The number of carbonyl (C=O) groups excluding carboxylic acids is 1. The first-order valence-corrected chi connectivity index (χ1v) is 5.30. The molecule has 1 aromatic rings. The molecule has 0 atom stereocenters. The van der Waals surface area contributed by atoms with E-state index in [1.165, 1.54) is 6.07 Å². The van der Waals surface area contributed by atoms with E-state index in [1.807, 2.05) is 0 Å². The Balaban J connectivity index is 2.21. The van der Waals surface area contributed by atoms with Crippen LogP contribution in [0.25, 0.3) is 0 Å². The predicted octanol–water partition coefficient (Wildman–Crippen LogP) is -0.614. The first-order valence-electron chi connectivity index (χ1n) is 5.30. The molecule has 17 heavy (non-hydrogen) atoms. The highest BCUT2D eigenvalue weighted by Gasteiger charge is 2.02. The minimum absolute atomic E-state index is 0.0352. The van der Waals surface area contributed by atoms with Crippen LogP contribution in [-0.4, -0.2) is 47.6 Å². The van der Waals surface area contributed by atoms with Gasteiger partial charge >= 0.3 is 0 Å². The zero-order valence-corrected chi connectivity index (χ0v) is 9.43. The van der Waals surface area contributed by atoms with Crippen molar-refractivity contribution in [2.24, 2.45) is 5.73 Å². The summed E-state index contributed by atoms with van der Waals surface area (Å²) in [6.45, 7) is 1.64. The van der Waals surface area contributed by atoms with Gasteiger partial charge in [-0.15, -0.1) is 10.2 Å². The van der Waals surface area contributed by atoms with Gasteiger partial charge in [0, 0.05) is 13.2 Å². The van der Waals surface area contributed by atoms with Crippen molar-refractivity contribution in [3.8, 4) is 0 Å². The van der Waals surface area contributed by atoms with Gasteiger partial charge < -0.3 is 20.9 Å². The number of hydrogen-bond acceptors (Lipinski definition) is 6. The van der Waals surface area contributed by atoms with Crippen molar-refractivity contribution < 1.29 is 14.6 Å². The largest absolute Gasteiger partial charge is 0.394 e. The molecule has 0 radical (unpaired) electrons. The minimum Gasteiger partial charge on any atom is -0.394 e. The number of nitrogens with two attached hydrogens (primary N) is 1. The summed E-state index contributed by atoms with van der Waals surface area (Å²) < 4.78 is 5.08. The number of rotatable bonds is 8. The summed E-state index contributed by atoms with van der Waals surface area (Å²) in [6.07, 6.45) is 0.791. The van der Waals surface area contributed by atoms with Crippen LogP contribution in [0.2, 0.25) is 0 Å². The van der Waals surface area contributed by atoms with E-state index in [4.69, 9.17) is 15.6 Å². The van der Waals surface area contributed by atoms with E-state index in [0.717, 1.165) is 6.42 Å². The number of nitrogens with one attached hydrogen (secondary N) is 1. The second kappa shape index (κ2) is 7.53. The molecular formula is C10H16N4O3. The Morgan fingerprint density at radius 2 is 2.24 bits per heavy atom. The number of aromatic nitrogens is 2. The molecule has 0 unspecified atom stereocenters. The van der Waals surface area contributed by atoms with Gasteiger partial charge in [0.2, 0.25) is 0 Å². The van der Waals surface area contributed by atoms with Crippen LogP contribution in [0, 0.1) is 0 Å². The Labute approximate surface area is 99.0 Å². The van der Waals surface area contributed by atoms with Crippen LogP contribution < -0.4 is 11.1 Å². The molecule has 0 fully saturated rings. The standard InChI is InChI=1S/C10H16N4O3/c11-10(16)8-2-3-9(14-13-8)12-4-1-6-17-7-5-15/h2-3,15H,1,4-7H2,(H2,11,16)(H,12,14). The van der Waals surface area contributed by atoms with Crippen molar-refractivity contribution in [2.45, 2.75) is 6.42 Å². The van der Waals surface area contributed by atoms with Crippen LogP contribution in [0.5, 0.6) is 0 Å². The summed E-state index contributed by atoms with van der Waals surface area (Å²) in [6, 6.07) is 3.15. The Kier molecular flexibility index (Phi) is 5.91. The van der Waals surface area contributed by atoms with Crippen molar-refractivity contribution in [1.82, 2.24) is 10.2 Å². The van der Waals surface area contributed by atoms with Crippen LogP contribution in [0.1, 0.15) is 16.9 Å². The van der Waals surface area contributed by atoms with Crippen LogP contribution >= 0.6 is 0 Å². The second-order valence-electron chi connectivity index (χ2n) is 3.28. The van der Waals surface area contributed by atoms with Gasteiger partial charge in [-0.25, -0.2) is 0 Å². The summed E-state index contributed by atoms with van der Waals surface area (Å²) in [7, 11) is 0. The number of carbonyl (C=O) groups is 1. The van der Waals surface area contributed by atoms with Crippen molar-refractivity contribution in [1.29, 1.82) is 0 Å². The maximum absolute atomic E-state index is 10.7. The molecule has 7 nitrogen and oxygen atoms in total. The average molecular weight is 240 g/mol. The SMILES string of the molecule is NC(=O)c1ccc(NCCCOCCO)nn1. The molecule has 94 valence electrons. The average Bonchev–Trinajstić information content (AvgIpc) is 2.34. The normalized spacial score (nSPS) is 10.2. The molecule has 0 aliphatic rings. The summed E-state index contributed by atoms with van der Waals surface area (Å²) in [5, 5.41) is 18.9. The number of hydrogen-bond donors (Lipinski definition) is 3. The van der Waals surface area contributed by atoms with Crippen LogP contribution in [0.15, 0.2) is 12.1 Å². The van der Waals surface area contributed by atoms with Gasteiger partial charge in [0.05, 0.1) is 13.2 Å². The van der Waals surface area contributed by atoms with E-state index in [9.17, 15) is 4.79 Å². The molecule has 7 heteroatoms. The number of ether oxygens (including phenoxy) is 1. The first kappa shape index (κ1) is 13.3. The van der Waals surface area contributed by atoms with Gasteiger partial charge in [-0.05, 0) is 18.6 Å². The third kappa shape index (κ3) is 5.23. The predicted molar refractivity (Wildman–Crippen MR) is 61.6 cm³/mol. The molecule has 1 amide bonds. The molecule has 4 N–H and O–H groups in total. The number of aliphatic hydroxyl groups is 1. The maximum atomic E-state index is 10.7. The monoisotopic (exact) mass is 240 g/mol. The Morgan fingerprint density at radius 1 is 1.41 bits per heavy atom. The van der Waals surface area contributed by atoms with Gasteiger partial charge in [0.15, 0.2) is 5.69 Å². The molecule has 0 saturated carbocycles. The highest BCUT2D eigenvalue weighted by Crippen LogP contribution is 2.01. The third-order valence-corrected chi connectivity index (χ3v) is 1.92. The van der Waals surface area contributed by atoms with E-state index in [2.05, 4.69) is 15.5 Å². The van der Waals surface area contributed by atoms with E-state index in [0.29, 0.717) is 25.6 Å². The van der Waals surface area contributed by atoms with Gasteiger partial charge in [0.1, 0.15) is 5.82 Å². The quantitative estimate of drug-likeness (QED) is 0.523. The van der Waals surface area contributed by atoms with Gasteiger partial charge in [-0.3, -0.25) is 4.79 Å². The number of aliphatic hydroxyl groups excluding tert-OH is 1. The topological polar surface area (TPSA) is 110 Å². The third-order valence-electron chi connectivity index (χ3n) is 1.92. The smallest absolute Gasteiger partial charge is 0.269 e. The molecule has 1 rings (SSSR count). The molecule has 0 aliphatic heterocycles. The van der Waals surface area contributed by atoms with Crippen molar-refractivity contribution >= 4 is 11.7 Å². The molecule has 1 aromatic heterocycles. The van der Waals surface area contributed by atoms with Gasteiger partial charge in [-0.2, -0.15) is 0 Å². The Hall–Kier alpha value is -1.73. The lowest BCUT2D eigenvalue weighted by molar-refractivity contribution is 0.0922. The fourth-order valence-electron chi connectivity index (χ4n) is 1.12. The van der Waals surface area contributed by atoms with Crippen LogP contribution in [0.4, 0.5) is 5.82 Å². The molecular weight excluding hydrogens is 224 g/mol. The molecule has 0 saturated heterocycles. The minimum atomic E-state index is -0.596. The van der Waals surface area contributed by atoms with E-state index >= 15 is 0 Å². The summed E-state index contributed by atoms with van der Waals surface area (Å²) in [5.41, 5.74) is 5.17. The fourth-order valence-corrected chi connectivity index (χ4v) is 1.12. The van der Waals surface area contributed by atoms with Crippen LogP contribution in [-0.2, 0) is 4.74 Å². The summed E-state index contributed by atoms with van der Waals surface area (Å²) >= 11 is 0. The van der Waals surface area contributed by atoms with Crippen molar-refractivity contribution in [2.75, 3.05) is 31.7 Å². The number of anilines is 1. The van der Waals surface area contributed by atoms with Crippen molar-refractivity contribution in [3.63, 3.8) is 0 Å². The Morgan fingerprint density at radius 3 is 2.82 bits per heavy atom. The molecule has 0 aliphatic carbocycles. The molecule has 0 bridgehead atoms. The van der Waals surface area contributed by atoms with E-state index < -0.39 is 5.91 Å². The summed E-state index contributed by atoms with van der Waals surface area (Å²) in [5.74, 6) is -0.0152. The molecule has 0 spiro atoms. The summed E-state index contributed by atoms with van der Waals surface area (Å²) in [4.78, 5) is 10.7. The number of amides is 1. The lowest BCUT2D eigenvalue weighted by Crippen LogP contribution is -2.14. The number of primary amides is 1. The lowest BCUT2D eigenvalue weighted by atomic mass is 10.3. The van der Waals surface area contributed by atoms with E-state index in [1.54, 1.807) is 6.07 Å². The Bertz CT molecular complexity index is 342. The van der Waals surface area contributed by atoms with E-state index in [-0.39, 0.29) is 12.3 Å².